The molecule has 0 aliphatic carbocycles. The van der Waals surface area contributed by atoms with Gasteiger partial charge in [-0.15, -0.1) is 0 Å². The molecule has 23 heavy (non-hydrogen) atoms. The highest BCUT2D eigenvalue weighted by Crippen LogP contribution is 2.21. The molecule has 6 heteroatoms. The molecule has 122 valence electrons. The minimum absolute atomic E-state index is 0.0928. The maximum absolute atomic E-state index is 12.6. The fourth-order valence-electron chi connectivity index (χ4n) is 2.83. The molecule has 0 radical (unpaired) electrons. The first-order valence-corrected chi connectivity index (χ1v) is 8.78. The number of carbonyl (C=O) groups excluding carboxylic acids is 1. The van der Waals surface area contributed by atoms with E-state index in [-0.39, 0.29) is 5.91 Å². The Hall–Kier alpha value is -1.92. The smallest absolute Gasteiger partial charge is 0.265 e. The Labute approximate surface area is 140 Å². The van der Waals surface area contributed by atoms with Gasteiger partial charge in [-0.05, 0) is 18.4 Å². The van der Waals surface area contributed by atoms with Crippen molar-refractivity contribution in [2.45, 2.75) is 25.4 Å². The maximum atomic E-state index is 12.6. The molecule has 1 fully saturated rings. The lowest BCUT2D eigenvalue weighted by Gasteiger charge is -2.33. The number of piperidine rings is 1. The van der Waals surface area contributed by atoms with Crippen molar-refractivity contribution < 1.29 is 4.79 Å². The van der Waals surface area contributed by atoms with Gasteiger partial charge in [-0.1, -0.05) is 41.7 Å². The second kappa shape index (κ2) is 7.57. The summed E-state index contributed by atoms with van der Waals surface area (Å²) in [5, 5.41) is 7.33. The lowest BCUT2D eigenvalue weighted by atomic mass is 10.0. The van der Waals surface area contributed by atoms with Crippen LogP contribution in [0.5, 0.6) is 0 Å². The van der Waals surface area contributed by atoms with Crippen LogP contribution >= 0.6 is 11.3 Å². The molecule has 1 amide bonds. The third kappa shape index (κ3) is 4.09. The number of amides is 1. The van der Waals surface area contributed by atoms with Gasteiger partial charge >= 0.3 is 0 Å². The molecular weight excluding hydrogens is 308 g/mol. The number of anilines is 1. The lowest BCUT2D eigenvalue weighted by Crippen LogP contribution is -2.47. The minimum atomic E-state index is 0.0928. The Morgan fingerprint density at radius 1 is 1.39 bits per heavy atom. The van der Waals surface area contributed by atoms with E-state index >= 15 is 0 Å². The Morgan fingerprint density at radius 2 is 2.22 bits per heavy atom. The van der Waals surface area contributed by atoms with Gasteiger partial charge in [0.25, 0.3) is 5.91 Å². The van der Waals surface area contributed by atoms with E-state index in [9.17, 15) is 4.79 Å². The summed E-state index contributed by atoms with van der Waals surface area (Å²) in [6.07, 6.45) is 3.82. The number of nitrogens with zero attached hydrogens (tertiary/aromatic N) is 2. The molecule has 0 spiro atoms. The van der Waals surface area contributed by atoms with Gasteiger partial charge in [0.1, 0.15) is 4.88 Å². The van der Waals surface area contributed by atoms with Crippen LogP contribution < -0.4 is 10.6 Å². The number of aromatic nitrogens is 1. The molecule has 3 rings (SSSR count). The Kier molecular flexibility index (Phi) is 5.25. The number of likely N-dealkylation sites (tertiary alicyclic amines) is 1. The van der Waals surface area contributed by atoms with Crippen molar-refractivity contribution in [2.24, 2.45) is 0 Å². The van der Waals surface area contributed by atoms with E-state index < -0.39 is 0 Å². The molecule has 1 aromatic carbocycles. The molecule has 2 aromatic rings. The molecule has 5 nitrogen and oxygen atoms in total. The quantitative estimate of drug-likeness (QED) is 0.885. The number of rotatable bonds is 5. The third-order valence-corrected chi connectivity index (χ3v) is 5.08. The maximum Gasteiger partial charge on any atom is 0.265 e. The van der Waals surface area contributed by atoms with Gasteiger partial charge in [-0.25, -0.2) is 4.98 Å². The molecule has 1 aliphatic rings. The van der Waals surface area contributed by atoms with Gasteiger partial charge < -0.3 is 15.5 Å². The fourth-order valence-corrected chi connectivity index (χ4v) is 3.57. The molecule has 0 bridgehead atoms. The van der Waals surface area contributed by atoms with E-state index in [1.54, 1.807) is 6.20 Å². The van der Waals surface area contributed by atoms with Crippen molar-refractivity contribution in [1.29, 1.82) is 0 Å². The van der Waals surface area contributed by atoms with Crippen LogP contribution in [0, 0.1) is 0 Å². The highest BCUT2D eigenvalue weighted by Gasteiger charge is 2.25. The van der Waals surface area contributed by atoms with Crippen LogP contribution in [0.1, 0.15) is 28.1 Å². The summed E-state index contributed by atoms with van der Waals surface area (Å²) in [6.45, 7) is 2.44. The van der Waals surface area contributed by atoms with Gasteiger partial charge in [0.2, 0.25) is 0 Å². The third-order valence-electron chi connectivity index (χ3n) is 4.08. The highest BCUT2D eigenvalue weighted by atomic mass is 32.1. The van der Waals surface area contributed by atoms with Gasteiger partial charge in [-0.2, -0.15) is 0 Å². The van der Waals surface area contributed by atoms with E-state index in [2.05, 4.69) is 39.9 Å². The number of hydrogen-bond donors (Lipinski definition) is 2. The summed E-state index contributed by atoms with van der Waals surface area (Å²) in [7, 11) is 1.82. The van der Waals surface area contributed by atoms with Crippen molar-refractivity contribution in [1.82, 2.24) is 15.2 Å². The first kappa shape index (κ1) is 16.0. The van der Waals surface area contributed by atoms with Crippen molar-refractivity contribution in [3.8, 4) is 0 Å². The first-order valence-electron chi connectivity index (χ1n) is 7.96. The monoisotopic (exact) mass is 330 g/mol. The van der Waals surface area contributed by atoms with Crippen LogP contribution in [-0.4, -0.2) is 42.0 Å². The predicted octanol–water partition coefficient (Wildman–Crippen LogP) is 2.58. The van der Waals surface area contributed by atoms with Crippen LogP contribution in [0.2, 0.25) is 0 Å². The van der Waals surface area contributed by atoms with Crippen LogP contribution in [0.4, 0.5) is 5.13 Å². The standard InChI is InChI=1S/C17H22N4OS/c1-18-17-20-11-15(23-17)16(22)21-9-5-8-14(12-21)19-10-13-6-3-2-4-7-13/h2-4,6-7,11,14,19H,5,8-10,12H2,1H3,(H,18,20). The zero-order chi connectivity index (χ0) is 16.1. The summed E-state index contributed by atoms with van der Waals surface area (Å²) in [4.78, 5) is 19.4. The van der Waals surface area contributed by atoms with Crippen LogP contribution in [-0.2, 0) is 6.54 Å². The molecule has 1 saturated heterocycles. The molecular formula is C17H22N4OS. The lowest BCUT2D eigenvalue weighted by molar-refractivity contribution is 0.0699. The van der Waals surface area contributed by atoms with Crippen molar-refractivity contribution >= 4 is 22.4 Å². The minimum Gasteiger partial charge on any atom is -0.365 e. The summed E-state index contributed by atoms with van der Waals surface area (Å²) < 4.78 is 0. The summed E-state index contributed by atoms with van der Waals surface area (Å²) in [5.41, 5.74) is 1.28. The van der Waals surface area contributed by atoms with E-state index in [4.69, 9.17) is 0 Å². The van der Waals surface area contributed by atoms with Gasteiger partial charge in [0, 0.05) is 32.7 Å². The Morgan fingerprint density at radius 3 is 2.96 bits per heavy atom. The fraction of sp³-hybridized carbons (Fsp3) is 0.412. The zero-order valence-electron chi connectivity index (χ0n) is 13.3. The van der Waals surface area contributed by atoms with Crippen LogP contribution in [0.25, 0.3) is 0 Å². The molecule has 2 N–H and O–H groups in total. The number of nitrogens with one attached hydrogen (secondary N) is 2. The normalized spacial score (nSPS) is 18.0. The van der Waals surface area contributed by atoms with E-state index in [0.29, 0.717) is 10.9 Å². The summed E-state index contributed by atoms with van der Waals surface area (Å²) >= 11 is 1.41. The second-order valence-corrected chi connectivity index (χ2v) is 6.77. The van der Waals surface area contributed by atoms with E-state index in [1.165, 1.54) is 16.9 Å². The topological polar surface area (TPSA) is 57.3 Å². The first-order chi connectivity index (χ1) is 11.3. The van der Waals surface area contributed by atoms with Crippen molar-refractivity contribution in [3.05, 3.63) is 47.0 Å². The van der Waals surface area contributed by atoms with Gasteiger partial charge in [-0.3, -0.25) is 4.79 Å². The average molecular weight is 330 g/mol. The van der Waals surface area contributed by atoms with E-state index in [0.717, 1.165) is 37.6 Å². The summed E-state index contributed by atoms with van der Waals surface area (Å²) in [6, 6.07) is 10.7. The molecule has 1 unspecified atom stereocenters. The second-order valence-electron chi connectivity index (χ2n) is 5.74. The van der Waals surface area contributed by atoms with Crippen LogP contribution in [0.3, 0.4) is 0 Å². The van der Waals surface area contributed by atoms with Crippen LogP contribution in [0.15, 0.2) is 36.5 Å². The Bertz CT molecular complexity index is 643. The number of carbonyl (C=O) groups is 1. The number of benzene rings is 1. The highest BCUT2D eigenvalue weighted by molar-refractivity contribution is 7.17. The van der Waals surface area contributed by atoms with Gasteiger partial charge in [0.05, 0.1) is 6.20 Å². The molecule has 1 aromatic heterocycles. The number of thiazole rings is 1. The molecule has 1 atom stereocenters. The molecule has 0 saturated carbocycles. The van der Waals surface area contributed by atoms with Gasteiger partial charge in [0.15, 0.2) is 5.13 Å². The Balaban J connectivity index is 1.56. The SMILES string of the molecule is CNc1ncc(C(=O)N2CCCC(NCc3ccccc3)C2)s1. The number of hydrogen-bond acceptors (Lipinski definition) is 5. The van der Waals surface area contributed by atoms with Crippen molar-refractivity contribution in [3.63, 3.8) is 0 Å². The largest absolute Gasteiger partial charge is 0.365 e. The van der Waals surface area contributed by atoms with Crippen molar-refractivity contribution in [2.75, 3.05) is 25.5 Å². The van der Waals surface area contributed by atoms with E-state index in [1.807, 2.05) is 18.0 Å². The zero-order valence-corrected chi connectivity index (χ0v) is 14.1. The summed E-state index contributed by atoms with van der Waals surface area (Å²) in [5.74, 6) is 0.0928. The average Bonchev–Trinajstić information content (AvgIpc) is 3.10. The predicted molar refractivity (Wildman–Crippen MR) is 93.9 cm³/mol. The molecule has 2 heterocycles. The molecule has 1 aliphatic heterocycles.